The van der Waals surface area contributed by atoms with Crippen molar-refractivity contribution >= 4 is 27.4 Å². The molecular weight excluding hydrogens is 408 g/mol. The highest BCUT2D eigenvalue weighted by Gasteiger charge is 2.13. The lowest BCUT2D eigenvalue weighted by molar-refractivity contribution is -0.137. The summed E-state index contributed by atoms with van der Waals surface area (Å²) >= 11 is 1.72. The summed E-state index contributed by atoms with van der Waals surface area (Å²) in [5, 5.41) is 16.7. The third-order valence-corrected chi connectivity index (χ3v) is 6.08. The van der Waals surface area contributed by atoms with Gasteiger partial charge in [-0.05, 0) is 48.4 Å². The second kappa shape index (κ2) is 9.07. The first-order valence-electron chi connectivity index (χ1n) is 9.90. The Balaban J connectivity index is 1.49. The van der Waals surface area contributed by atoms with Crippen LogP contribution in [0.4, 0.5) is 0 Å². The minimum atomic E-state index is -0.859. The summed E-state index contributed by atoms with van der Waals surface area (Å²) in [6.45, 7) is 2.17. The molecular formula is C25H22N2O3S. The number of aryl methyl sites for hydroxylation is 1. The van der Waals surface area contributed by atoms with Gasteiger partial charge >= 0.3 is 5.97 Å². The van der Waals surface area contributed by atoms with E-state index in [2.05, 4.69) is 40.5 Å². The van der Waals surface area contributed by atoms with Crippen LogP contribution >= 0.6 is 11.3 Å². The number of carboxylic acids is 1. The van der Waals surface area contributed by atoms with Gasteiger partial charge < -0.3 is 9.84 Å². The smallest absolute Gasteiger partial charge is 0.304 e. The largest absolute Gasteiger partial charge is 0.489 e. The summed E-state index contributed by atoms with van der Waals surface area (Å²) in [6.07, 6.45) is 1.79. The maximum absolute atomic E-state index is 11.1. The number of hydrogen-bond acceptors (Lipinski definition) is 4. The molecule has 6 heteroatoms. The Bertz CT molecular complexity index is 1280. The monoisotopic (exact) mass is 430 g/mol. The summed E-state index contributed by atoms with van der Waals surface area (Å²) < 4.78 is 9.09. The van der Waals surface area contributed by atoms with Crippen LogP contribution in [-0.4, -0.2) is 20.9 Å². The maximum Gasteiger partial charge on any atom is 0.304 e. The lowest BCUT2D eigenvalue weighted by Crippen LogP contribution is -2.04. The highest BCUT2D eigenvalue weighted by molar-refractivity contribution is 7.17. The third-order valence-electron chi connectivity index (χ3n) is 5.12. The first kappa shape index (κ1) is 20.7. The summed E-state index contributed by atoms with van der Waals surface area (Å²) in [4.78, 5) is 11.1. The van der Waals surface area contributed by atoms with Gasteiger partial charge in [-0.25, -0.2) is 0 Å². The molecule has 0 aliphatic heterocycles. The highest BCUT2D eigenvalue weighted by Crippen LogP contribution is 2.34. The molecule has 2 aromatic carbocycles. The zero-order valence-electron chi connectivity index (χ0n) is 17.3. The molecule has 0 fully saturated rings. The van der Waals surface area contributed by atoms with Gasteiger partial charge in [0.25, 0.3) is 0 Å². The van der Waals surface area contributed by atoms with E-state index in [0.29, 0.717) is 6.61 Å². The number of carboxylic acid groups (broad SMARTS) is 1. The average molecular weight is 431 g/mol. The summed E-state index contributed by atoms with van der Waals surface area (Å²) in [6, 6.07) is 15.9. The molecule has 0 aliphatic rings. The molecule has 1 atom stereocenters. The number of rotatable bonds is 7. The molecule has 2 aromatic heterocycles. The molecule has 4 aromatic rings. The Kier molecular flexibility index (Phi) is 6.06. The normalized spacial score (nSPS) is 11.7. The first-order chi connectivity index (χ1) is 15.0. The Labute approximate surface area is 184 Å². The minimum absolute atomic E-state index is 0.0132. The number of benzene rings is 2. The maximum atomic E-state index is 11.1. The standard InChI is InChI=1S/C25H22N2O3S/c1-3-4-19(14-25(28)29)18-6-8-20(9-7-18)30-15-17-5-10-24-21(13-17)22(16-31-24)23-11-12-26-27(23)2/h5-13,16,19H,14-15H2,1-2H3,(H,28,29)/t19-/m0/s1. The fraction of sp³-hybridized carbons (Fsp3) is 0.200. The second-order valence-electron chi connectivity index (χ2n) is 7.22. The van der Waals surface area contributed by atoms with Gasteiger partial charge in [0.05, 0.1) is 18.0 Å². The van der Waals surface area contributed by atoms with Gasteiger partial charge in [0, 0.05) is 34.3 Å². The molecule has 0 bridgehead atoms. The Morgan fingerprint density at radius 2 is 2.03 bits per heavy atom. The van der Waals surface area contributed by atoms with Crippen LogP contribution in [0, 0.1) is 11.8 Å². The van der Waals surface area contributed by atoms with Crippen LogP contribution in [-0.2, 0) is 18.4 Å². The van der Waals surface area contributed by atoms with Crippen molar-refractivity contribution < 1.29 is 14.6 Å². The fourth-order valence-corrected chi connectivity index (χ4v) is 4.50. The molecule has 31 heavy (non-hydrogen) atoms. The van der Waals surface area contributed by atoms with Gasteiger partial charge in [0.15, 0.2) is 0 Å². The van der Waals surface area contributed by atoms with Crippen LogP contribution in [0.25, 0.3) is 21.3 Å². The van der Waals surface area contributed by atoms with Crippen molar-refractivity contribution in [2.75, 3.05) is 0 Å². The van der Waals surface area contributed by atoms with Crippen molar-refractivity contribution in [3.05, 3.63) is 71.2 Å². The number of aromatic nitrogens is 2. The van der Waals surface area contributed by atoms with E-state index in [1.807, 2.05) is 48.3 Å². The van der Waals surface area contributed by atoms with Crippen molar-refractivity contribution in [3.8, 4) is 28.8 Å². The number of hydrogen-bond donors (Lipinski definition) is 1. The molecule has 2 heterocycles. The zero-order chi connectivity index (χ0) is 21.8. The highest BCUT2D eigenvalue weighted by atomic mass is 32.1. The van der Waals surface area contributed by atoms with Crippen LogP contribution in [0.1, 0.15) is 30.4 Å². The zero-order valence-corrected chi connectivity index (χ0v) is 18.1. The van der Waals surface area contributed by atoms with E-state index in [1.165, 1.54) is 15.6 Å². The Hall–Kier alpha value is -3.56. The number of ether oxygens (including phenoxy) is 1. The van der Waals surface area contributed by atoms with Crippen LogP contribution in [0.3, 0.4) is 0 Å². The predicted octanol–water partition coefficient (Wildman–Crippen LogP) is 5.46. The van der Waals surface area contributed by atoms with Gasteiger partial charge in [0.1, 0.15) is 12.4 Å². The van der Waals surface area contributed by atoms with E-state index in [0.717, 1.165) is 22.6 Å². The van der Waals surface area contributed by atoms with Gasteiger partial charge in [-0.2, -0.15) is 5.10 Å². The fourth-order valence-electron chi connectivity index (χ4n) is 3.57. The van der Waals surface area contributed by atoms with Crippen molar-refractivity contribution in [1.29, 1.82) is 0 Å². The molecule has 4 rings (SSSR count). The van der Waals surface area contributed by atoms with Crippen LogP contribution in [0.15, 0.2) is 60.1 Å². The second-order valence-corrected chi connectivity index (χ2v) is 8.13. The number of aliphatic carboxylic acids is 1. The van der Waals surface area contributed by atoms with Crippen molar-refractivity contribution in [2.24, 2.45) is 7.05 Å². The summed E-state index contributed by atoms with van der Waals surface area (Å²) in [5.41, 5.74) is 4.22. The average Bonchev–Trinajstić information content (AvgIpc) is 3.37. The molecule has 156 valence electrons. The number of thiophene rings is 1. The molecule has 0 aliphatic carbocycles. The minimum Gasteiger partial charge on any atom is -0.489 e. The quantitative estimate of drug-likeness (QED) is 0.395. The van der Waals surface area contributed by atoms with E-state index in [1.54, 1.807) is 18.3 Å². The van der Waals surface area contributed by atoms with E-state index in [9.17, 15) is 4.79 Å². The lowest BCUT2D eigenvalue weighted by atomic mass is 9.96. The third kappa shape index (κ3) is 4.62. The summed E-state index contributed by atoms with van der Waals surface area (Å²) in [5.74, 6) is 5.34. The predicted molar refractivity (Wildman–Crippen MR) is 123 cm³/mol. The van der Waals surface area contributed by atoms with Crippen molar-refractivity contribution in [1.82, 2.24) is 9.78 Å². The Morgan fingerprint density at radius 3 is 2.71 bits per heavy atom. The van der Waals surface area contributed by atoms with Crippen LogP contribution in [0.5, 0.6) is 5.75 Å². The molecule has 0 amide bonds. The van der Waals surface area contributed by atoms with Crippen molar-refractivity contribution in [2.45, 2.75) is 25.9 Å². The molecule has 5 nitrogen and oxygen atoms in total. The SMILES string of the molecule is CC#C[C@@H](CC(=O)O)c1ccc(OCc2ccc3scc(-c4ccnn4C)c3c2)cc1. The molecule has 0 radical (unpaired) electrons. The van der Waals surface area contributed by atoms with Crippen molar-refractivity contribution in [3.63, 3.8) is 0 Å². The van der Waals surface area contributed by atoms with E-state index in [4.69, 9.17) is 9.84 Å². The molecule has 1 N–H and O–H groups in total. The number of carbonyl (C=O) groups is 1. The van der Waals surface area contributed by atoms with E-state index in [-0.39, 0.29) is 12.3 Å². The van der Waals surface area contributed by atoms with Crippen LogP contribution in [0.2, 0.25) is 0 Å². The van der Waals surface area contributed by atoms with Gasteiger partial charge in [-0.15, -0.1) is 17.3 Å². The van der Waals surface area contributed by atoms with Gasteiger partial charge in [-0.1, -0.05) is 24.1 Å². The van der Waals surface area contributed by atoms with Crippen LogP contribution < -0.4 is 4.74 Å². The van der Waals surface area contributed by atoms with Gasteiger partial charge in [0.2, 0.25) is 0 Å². The molecule has 0 saturated carbocycles. The van der Waals surface area contributed by atoms with E-state index >= 15 is 0 Å². The van der Waals surface area contributed by atoms with Gasteiger partial charge in [-0.3, -0.25) is 9.48 Å². The first-order valence-corrected chi connectivity index (χ1v) is 10.8. The number of nitrogens with zero attached hydrogens (tertiary/aromatic N) is 2. The molecule has 0 saturated heterocycles. The lowest BCUT2D eigenvalue weighted by Gasteiger charge is -2.11. The molecule has 0 unspecified atom stereocenters. The van der Waals surface area contributed by atoms with E-state index < -0.39 is 5.97 Å². The topological polar surface area (TPSA) is 64.3 Å². The number of fused-ring (bicyclic) bond motifs is 1. The Morgan fingerprint density at radius 1 is 1.23 bits per heavy atom. The summed E-state index contributed by atoms with van der Waals surface area (Å²) in [7, 11) is 1.95. The molecule has 0 spiro atoms.